The molecule has 0 saturated carbocycles. The van der Waals surface area contributed by atoms with Crippen LogP contribution in [0, 0.1) is 0 Å². The third kappa shape index (κ3) is 4.13. The molecule has 36 heavy (non-hydrogen) atoms. The summed E-state index contributed by atoms with van der Waals surface area (Å²) in [6.45, 7) is 1.97. The fourth-order valence-electron chi connectivity index (χ4n) is 4.60. The van der Waals surface area contributed by atoms with E-state index in [2.05, 4.69) is 0 Å². The Morgan fingerprint density at radius 2 is 1.58 bits per heavy atom. The topological polar surface area (TPSA) is 89.7 Å². The number of ether oxygens (including phenoxy) is 1. The maximum atomic E-state index is 13.7. The Morgan fingerprint density at radius 3 is 2.28 bits per heavy atom. The van der Waals surface area contributed by atoms with Gasteiger partial charge in [0, 0.05) is 57.3 Å². The highest BCUT2D eigenvalue weighted by molar-refractivity contribution is 6.07. The number of carbonyl (C=O) groups excluding carboxylic acids is 1. The van der Waals surface area contributed by atoms with Gasteiger partial charge in [-0.05, 0) is 36.4 Å². The van der Waals surface area contributed by atoms with Crippen LogP contribution in [0.3, 0.4) is 0 Å². The average molecular weight is 486 g/mol. The zero-order chi connectivity index (χ0) is 25.4. The van der Waals surface area contributed by atoms with Crippen molar-refractivity contribution in [2.24, 2.45) is 14.1 Å². The minimum atomic E-state index is -0.370. The van der Waals surface area contributed by atoms with Crippen molar-refractivity contribution < 1.29 is 9.53 Å². The molecule has 0 unspecified atom stereocenters. The number of aromatic nitrogens is 3. The lowest BCUT2D eigenvalue weighted by Crippen LogP contribution is -2.51. The predicted octanol–water partition coefficient (Wildman–Crippen LogP) is 2.27. The predicted molar refractivity (Wildman–Crippen MR) is 139 cm³/mol. The van der Waals surface area contributed by atoms with Gasteiger partial charge < -0.3 is 14.5 Å². The van der Waals surface area contributed by atoms with Crippen LogP contribution in [-0.4, -0.2) is 58.2 Å². The molecule has 2 aromatic carbocycles. The third-order valence-electron chi connectivity index (χ3n) is 6.72. The molecule has 3 heterocycles. The summed E-state index contributed by atoms with van der Waals surface area (Å²) in [5, 5.41) is 0.802. The molecule has 0 spiro atoms. The van der Waals surface area contributed by atoms with Crippen molar-refractivity contribution in [2.45, 2.75) is 0 Å². The van der Waals surface area contributed by atoms with Crippen LogP contribution in [-0.2, 0) is 14.1 Å². The van der Waals surface area contributed by atoms with Crippen molar-refractivity contribution in [3.05, 3.63) is 87.1 Å². The Hall–Kier alpha value is -4.40. The molecule has 0 atom stereocenters. The second kappa shape index (κ2) is 9.33. The first-order valence-electron chi connectivity index (χ1n) is 11.7. The molecule has 1 fully saturated rings. The smallest absolute Gasteiger partial charge is 0.332 e. The number of carbonyl (C=O) groups is 1. The van der Waals surface area contributed by atoms with E-state index in [1.54, 1.807) is 14.2 Å². The number of methoxy groups -OCH3 is 1. The number of hydrogen-bond acceptors (Lipinski definition) is 6. The molecule has 1 aliphatic rings. The molecule has 0 bridgehead atoms. The first-order chi connectivity index (χ1) is 17.4. The fraction of sp³-hybridized carbons (Fsp3) is 0.259. The number of amides is 1. The van der Waals surface area contributed by atoms with Crippen molar-refractivity contribution in [3.63, 3.8) is 0 Å². The van der Waals surface area contributed by atoms with Crippen LogP contribution in [0.2, 0.25) is 0 Å². The quantitative estimate of drug-likeness (QED) is 0.441. The highest BCUT2D eigenvalue weighted by atomic mass is 16.5. The number of para-hydroxylation sites is 1. The van der Waals surface area contributed by atoms with Gasteiger partial charge in [0.1, 0.15) is 11.6 Å². The Morgan fingerprint density at radius 1 is 0.889 bits per heavy atom. The van der Waals surface area contributed by atoms with Gasteiger partial charge in [0.2, 0.25) is 0 Å². The number of anilines is 1. The summed E-state index contributed by atoms with van der Waals surface area (Å²) in [7, 11) is 4.74. The fourth-order valence-corrected chi connectivity index (χ4v) is 4.60. The van der Waals surface area contributed by atoms with Gasteiger partial charge in [-0.2, -0.15) is 0 Å². The molecule has 0 N–H and O–H groups in total. The summed E-state index contributed by atoms with van der Waals surface area (Å²) in [5.41, 5.74) is 2.25. The van der Waals surface area contributed by atoms with Crippen molar-refractivity contribution in [1.29, 1.82) is 0 Å². The number of nitrogens with zero attached hydrogens (tertiary/aromatic N) is 5. The summed E-state index contributed by atoms with van der Waals surface area (Å²) < 4.78 is 7.81. The van der Waals surface area contributed by atoms with E-state index in [1.807, 2.05) is 64.4 Å². The van der Waals surface area contributed by atoms with Gasteiger partial charge in [-0.25, -0.2) is 9.78 Å². The van der Waals surface area contributed by atoms with Crippen molar-refractivity contribution in [3.8, 4) is 17.0 Å². The lowest BCUT2D eigenvalue weighted by Gasteiger charge is -2.36. The van der Waals surface area contributed by atoms with Crippen LogP contribution in [0.15, 0.2) is 70.3 Å². The van der Waals surface area contributed by atoms with Crippen LogP contribution < -0.4 is 20.9 Å². The molecular weight excluding hydrogens is 458 g/mol. The number of pyridine rings is 1. The maximum absolute atomic E-state index is 13.7. The van der Waals surface area contributed by atoms with Crippen molar-refractivity contribution in [1.82, 2.24) is 19.0 Å². The Bertz CT molecular complexity index is 1560. The van der Waals surface area contributed by atoms with Gasteiger partial charge in [-0.15, -0.1) is 0 Å². The highest BCUT2D eigenvalue weighted by Gasteiger charge is 2.26. The Kier molecular flexibility index (Phi) is 6.05. The number of rotatable bonds is 4. The largest absolute Gasteiger partial charge is 0.497 e. The standard InChI is InChI=1S/C27H27N5O4/c1-29-24(17-25(33)30(2)27(29)35)31-12-14-32(15-13-31)26(34)21-16-23(18-8-10-19(36-3)11-9-18)28-22-7-5-4-6-20(21)22/h4-11,16-17H,12-15H2,1-3H3. The van der Waals surface area contributed by atoms with E-state index < -0.39 is 0 Å². The molecular formula is C27H27N5O4. The lowest BCUT2D eigenvalue weighted by atomic mass is 10.0. The summed E-state index contributed by atoms with van der Waals surface area (Å²) >= 11 is 0. The van der Waals surface area contributed by atoms with Gasteiger partial charge in [-0.3, -0.25) is 18.7 Å². The molecule has 9 heteroatoms. The average Bonchev–Trinajstić information content (AvgIpc) is 2.93. The summed E-state index contributed by atoms with van der Waals surface area (Å²) in [6, 6.07) is 18.6. The van der Waals surface area contributed by atoms with Gasteiger partial charge in [0.15, 0.2) is 0 Å². The first-order valence-corrected chi connectivity index (χ1v) is 11.7. The van der Waals surface area contributed by atoms with Crippen molar-refractivity contribution >= 4 is 22.6 Å². The SMILES string of the molecule is COc1ccc(-c2cc(C(=O)N3CCN(c4cc(=O)n(C)c(=O)n4C)CC3)c3ccccc3n2)cc1. The zero-order valence-corrected chi connectivity index (χ0v) is 20.5. The highest BCUT2D eigenvalue weighted by Crippen LogP contribution is 2.27. The molecule has 2 aromatic heterocycles. The number of hydrogen-bond donors (Lipinski definition) is 0. The Balaban J connectivity index is 1.43. The molecule has 0 aliphatic carbocycles. The summed E-state index contributed by atoms with van der Waals surface area (Å²) in [6.07, 6.45) is 0. The van der Waals surface area contributed by atoms with E-state index in [1.165, 1.54) is 17.7 Å². The van der Waals surface area contributed by atoms with E-state index in [9.17, 15) is 14.4 Å². The Labute approximate surface area is 207 Å². The maximum Gasteiger partial charge on any atom is 0.332 e. The normalized spacial score (nSPS) is 13.8. The number of fused-ring (bicyclic) bond motifs is 1. The minimum Gasteiger partial charge on any atom is -0.497 e. The molecule has 1 aliphatic heterocycles. The molecule has 184 valence electrons. The molecule has 4 aromatic rings. The summed E-state index contributed by atoms with van der Waals surface area (Å²) in [4.78, 5) is 46.8. The van der Waals surface area contributed by atoms with Crippen molar-refractivity contribution in [2.75, 3.05) is 38.2 Å². The van der Waals surface area contributed by atoms with Gasteiger partial charge in [-0.1, -0.05) is 18.2 Å². The van der Waals surface area contributed by atoms with E-state index in [0.717, 1.165) is 26.8 Å². The second-order valence-electron chi connectivity index (χ2n) is 8.82. The molecule has 9 nitrogen and oxygen atoms in total. The number of piperazine rings is 1. The van der Waals surface area contributed by atoms with Crippen LogP contribution in [0.4, 0.5) is 5.82 Å². The second-order valence-corrected chi connectivity index (χ2v) is 8.82. The molecule has 0 radical (unpaired) electrons. The zero-order valence-electron chi connectivity index (χ0n) is 20.5. The van der Waals surface area contributed by atoms with Crippen LogP contribution in [0.25, 0.3) is 22.2 Å². The minimum absolute atomic E-state index is 0.0686. The first kappa shape index (κ1) is 23.3. The van der Waals surface area contributed by atoms with E-state index in [0.29, 0.717) is 43.3 Å². The molecule has 1 saturated heterocycles. The molecule has 1 amide bonds. The monoisotopic (exact) mass is 485 g/mol. The summed E-state index contributed by atoms with van der Waals surface area (Å²) in [5.74, 6) is 1.25. The van der Waals surface area contributed by atoms with Crippen LogP contribution in [0.5, 0.6) is 5.75 Å². The van der Waals surface area contributed by atoms with E-state index >= 15 is 0 Å². The van der Waals surface area contributed by atoms with Gasteiger partial charge in [0.05, 0.1) is 23.9 Å². The molecule has 5 rings (SSSR count). The third-order valence-corrected chi connectivity index (χ3v) is 6.72. The van der Waals surface area contributed by atoms with Crippen LogP contribution in [0.1, 0.15) is 10.4 Å². The van der Waals surface area contributed by atoms with E-state index in [4.69, 9.17) is 9.72 Å². The van der Waals surface area contributed by atoms with E-state index in [-0.39, 0.29) is 17.2 Å². The van der Waals surface area contributed by atoms with Gasteiger partial charge >= 0.3 is 5.69 Å². The van der Waals surface area contributed by atoms with Gasteiger partial charge in [0.25, 0.3) is 11.5 Å². The number of benzene rings is 2. The lowest BCUT2D eigenvalue weighted by molar-refractivity contribution is 0.0748. The van der Waals surface area contributed by atoms with Crippen LogP contribution >= 0.6 is 0 Å².